The molecule has 1 atom stereocenters. The fraction of sp³-hybridized carbons (Fsp3) is 0.105. The maximum absolute atomic E-state index is 13.0. The molecule has 2 amide bonds. The van der Waals surface area contributed by atoms with Crippen LogP contribution in [0.5, 0.6) is 0 Å². The zero-order valence-electron chi connectivity index (χ0n) is 13.3. The van der Waals surface area contributed by atoms with E-state index < -0.39 is 17.9 Å². The van der Waals surface area contributed by atoms with Crippen molar-refractivity contribution in [2.75, 3.05) is 0 Å². The number of aromatic nitrogens is 1. The van der Waals surface area contributed by atoms with E-state index in [9.17, 15) is 14.0 Å². The normalized spacial score (nSPS) is 11.9. The number of hydrogen-bond donors (Lipinski definition) is 2. The second-order valence-electron chi connectivity index (χ2n) is 5.68. The Balaban J connectivity index is 1.77. The molecule has 0 radical (unpaired) electrons. The summed E-state index contributed by atoms with van der Waals surface area (Å²) in [5.41, 5.74) is 7.20. The average Bonchev–Trinajstić information content (AvgIpc) is 2.62. The Labute approximate surface area is 143 Å². The summed E-state index contributed by atoms with van der Waals surface area (Å²) in [5.74, 6) is -1.47. The largest absolute Gasteiger partial charge is 0.368 e. The van der Waals surface area contributed by atoms with Crippen molar-refractivity contribution in [3.63, 3.8) is 0 Å². The van der Waals surface area contributed by atoms with E-state index in [1.807, 2.05) is 24.3 Å². The Morgan fingerprint density at radius 2 is 1.84 bits per heavy atom. The molecule has 6 heteroatoms. The Morgan fingerprint density at radius 1 is 1.12 bits per heavy atom. The number of rotatable bonds is 5. The standard InChI is InChI=1S/C19H16FN3O2/c20-15-7-5-12(6-8-15)9-17(18(21)24)23-19(25)14-10-13-3-1-2-4-16(13)22-11-14/h1-8,10-11,17H,9H2,(H2,21,24)(H,23,25)/t17-/m0/s1. The van der Waals surface area contributed by atoms with Crippen LogP contribution in [0, 0.1) is 5.82 Å². The lowest BCUT2D eigenvalue weighted by atomic mass is 10.0. The fourth-order valence-corrected chi connectivity index (χ4v) is 2.52. The smallest absolute Gasteiger partial charge is 0.253 e. The molecule has 0 bridgehead atoms. The van der Waals surface area contributed by atoms with Crippen molar-refractivity contribution < 1.29 is 14.0 Å². The zero-order valence-corrected chi connectivity index (χ0v) is 13.3. The van der Waals surface area contributed by atoms with Gasteiger partial charge in [-0.15, -0.1) is 0 Å². The molecule has 3 aromatic rings. The van der Waals surface area contributed by atoms with E-state index in [1.165, 1.54) is 18.3 Å². The second-order valence-corrected chi connectivity index (χ2v) is 5.68. The van der Waals surface area contributed by atoms with Crippen molar-refractivity contribution in [3.8, 4) is 0 Å². The summed E-state index contributed by atoms with van der Waals surface area (Å²) in [6.07, 6.45) is 1.63. The van der Waals surface area contributed by atoms with E-state index in [4.69, 9.17) is 5.73 Å². The third kappa shape index (κ3) is 3.98. The van der Waals surface area contributed by atoms with Crippen LogP contribution in [0.25, 0.3) is 10.9 Å². The maximum atomic E-state index is 13.0. The van der Waals surface area contributed by atoms with Crippen molar-refractivity contribution in [2.24, 2.45) is 5.73 Å². The summed E-state index contributed by atoms with van der Waals surface area (Å²) in [5, 5.41) is 3.44. The van der Waals surface area contributed by atoms with Gasteiger partial charge < -0.3 is 11.1 Å². The topological polar surface area (TPSA) is 85.1 Å². The lowest BCUT2D eigenvalue weighted by Gasteiger charge is -2.15. The van der Waals surface area contributed by atoms with Gasteiger partial charge >= 0.3 is 0 Å². The summed E-state index contributed by atoms with van der Waals surface area (Å²) in [4.78, 5) is 28.3. The number of amides is 2. The molecule has 0 saturated carbocycles. The van der Waals surface area contributed by atoms with E-state index in [2.05, 4.69) is 10.3 Å². The first kappa shape index (κ1) is 16.6. The number of hydrogen-bond acceptors (Lipinski definition) is 3. The van der Waals surface area contributed by atoms with Crippen LogP contribution >= 0.6 is 0 Å². The van der Waals surface area contributed by atoms with E-state index in [1.54, 1.807) is 18.2 Å². The molecular weight excluding hydrogens is 321 g/mol. The van der Waals surface area contributed by atoms with Crippen LogP contribution in [0.3, 0.4) is 0 Å². The SMILES string of the molecule is NC(=O)[C@H](Cc1ccc(F)cc1)NC(=O)c1cnc2ccccc2c1. The van der Waals surface area contributed by atoms with Gasteiger partial charge in [0.1, 0.15) is 11.9 Å². The zero-order chi connectivity index (χ0) is 17.8. The van der Waals surface area contributed by atoms with Gasteiger partial charge in [0, 0.05) is 18.0 Å². The number of nitrogens with one attached hydrogen (secondary N) is 1. The third-order valence-electron chi connectivity index (χ3n) is 3.85. The number of halogens is 1. The molecule has 0 aliphatic heterocycles. The van der Waals surface area contributed by atoms with Crippen molar-refractivity contribution in [1.29, 1.82) is 0 Å². The first-order chi connectivity index (χ1) is 12.0. The predicted molar refractivity (Wildman–Crippen MR) is 92.3 cm³/mol. The van der Waals surface area contributed by atoms with E-state index >= 15 is 0 Å². The van der Waals surface area contributed by atoms with Gasteiger partial charge in [0.15, 0.2) is 0 Å². The quantitative estimate of drug-likeness (QED) is 0.748. The van der Waals surface area contributed by atoms with Crippen LogP contribution < -0.4 is 11.1 Å². The van der Waals surface area contributed by atoms with E-state index in [0.717, 1.165) is 10.9 Å². The molecule has 2 aromatic carbocycles. The monoisotopic (exact) mass is 337 g/mol. The number of fused-ring (bicyclic) bond motifs is 1. The molecule has 0 aliphatic rings. The van der Waals surface area contributed by atoms with Crippen LogP contribution in [-0.2, 0) is 11.2 Å². The minimum atomic E-state index is -0.899. The fourth-order valence-electron chi connectivity index (χ4n) is 2.52. The number of nitrogens with two attached hydrogens (primary N) is 1. The molecule has 1 aromatic heterocycles. The molecular formula is C19H16FN3O2. The molecule has 5 nitrogen and oxygen atoms in total. The van der Waals surface area contributed by atoms with Gasteiger partial charge in [-0.25, -0.2) is 4.39 Å². The summed E-state index contributed by atoms with van der Waals surface area (Å²) in [6, 6.07) is 13.9. The van der Waals surface area contributed by atoms with Crippen molar-refractivity contribution in [3.05, 3.63) is 77.7 Å². The molecule has 0 aliphatic carbocycles. The lowest BCUT2D eigenvalue weighted by Crippen LogP contribution is -2.45. The summed E-state index contributed by atoms with van der Waals surface area (Å²) >= 11 is 0. The molecule has 0 fully saturated rings. The minimum Gasteiger partial charge on any atom is -0.368 e. The van der Waals surface area contributed by atoms with E-state index in [0.29, 0.717) is 11.1 Å². The molecule has 1 heterocycles. The highest BCUT2D eigenvalue weighted by molar-refractivity contribution is 5.99. The highest BCUT2D eigenvalue weighted by Crippen LogP contribution is 2.13. The maximum Gasteiger partial charge on any atom is 0.253 e. The van der Waals surface area contributed by atoms with Crippen LogP contribution in [-0.4, -0.2) is 22.8 Å². The summed E-state index contributed by atoms with van der Waals surface area (Å²) in [7, 11) is 0. The number of pyridine rings is 1. The molecule has 0 spiro atoms. The van der Waals surface area contributed by atoms with Gasteiger partial charge in [-0.3, -0.25) is 14.6 Å². The summed E-state index contributed by atoms with van der Waals surface area (Å²) < 4.78 is 13.0. The van der Waals surface area contributed by atoms with Crippen molar-refractivity contribution in [2.45, 2.75) is 12.5 Å². The molecule has 0 saturated heterocycles. The van der Waals surface area contributed by atoms with Crippen LogP contribution in [0.4, 0.5) is 4.39 Å². The van der Waals surface area contributed by atoms with Crippen LogP contribution in [0.2, 0.25) is 0 Å². The van der Waals surface area contributed by atoms with Gasteiger partial charge in [0.25, 0.3) is 5.91 Å². The lowest BCUT2D eigenvalue weighted by molar-refractivity contribution is -0.119. The highest BCUT2D eigenvalue weighted by Gasteiger charge is 2.20. The van der Waals surface area contributed by atoms with Crippen LogP contribution in [0.15, 0.2) is 60.8 Å². The van der Waals surface area contributed by atoms with Crippen LogP contribution in [0.1, 0.15) is 15.9 Å². The number of carbonyl (C=O) groups is 2. The number of primary amides is 1. The van der Waals surface area contributed by atoms with Crippen molar-refractivity contribution in [1.82, 2.24) is 10.3 Å². The average molecular weight is 337 g/mol. The highest BCUT2D eigenvalue weighted by atomic mass is 19.1. The second kappa shape index (κ2) is 7.09. The molecule has 3 rings (SSSR count). The number of para-hydroxylation sites is 1. The van der Waals surface area contributed by atoms with Gasteiger partial charge in [-0.05, 0) is 29.8 Å². The molecule has 25 heavy (non-hydrogen) atoms. The molecule has 3 N–H and O–H groups in total. The van der Waals surface area contributed by atoms with Gasteiger partial charge in [-0.1, -0.05) is 30.3 Å². The predicted octanol–water partition coefficient (Wildman–Crippen LogP) is 2.20. The molecule has 0 unspecified atom stereocenters. The Morgan fingerprint density at radius 3 is 2.56 bits per heavy atom. The van der Waals surface area contributed by atoms with E-state index in [-0.39, 0.29) is 12.2 Å². The Kier molecular flexibility index (Phi) is 4.70. The number of benzene rings is 2. The van der Waals surface area contributed by atoms with Gasteiger partial charge in [0.2, 0.25) is 5.91 Å². The number of carbonyl (C=O) groups excluding carboxylic acids is 2. The van der Waals surface area contributed by atoms with Crippen molar-refractivity contribution >= 4 is 22.7 Å². The van der Waals surface area contributed by atoms with Gasteiger partial charge in [0.05, 0.1) is 11.1 Å². The third-order valence-corrected chi connectivity index (χ3v) is 3.85. The Bertz CT molecular complexity index is 925. The number of nitrogens with zero attached hydrogens (tertiary/aromatic N) is 1. The molecule has 126 valence electrons. The summed E-state index contributed by atoms with van der Waals surface area (Å²) in [6.45, 7) is 0. The Hall–Kier alpha value is -3.28. The van der Waals surface area contributed by atoms with Gasteiger partial charge in [-0.2, -0.15) is 0 Å². The first-order valence-corrected chi connectivity index (χ1v) is 7.72. The minimum absolute atomic E-state index is 0.183. The first-order valence-electron chi connectivity index (χ1n) is 7.72.